The monoisotopic (exact) mass is 508 g/mol. The van der Waals surface area contributed by atoms with Crippen molar-refractivity contribution in [2.45, 2.75) is 84.2 Å². The molecule has 1 aromatic rings. The molecule has 0 aliphatic carbocycles. The van der Waals surface area contributed by atoms with Crippen molar-refractivity contribution in [2.24, 2.45) is 17.6 Å². The van der Waals surface area contributed by atoms with Gasteiger partial charge in [-0.15, -0.1) is 0 Å². The van der Waals surface area contributed by atoms with Gasteiger partial charge in [0.2, 0.25) is 17.7 Å². The van der Waals surface area contributed by atoms with Gasteiger partial charge in [-0.25, -0.2) is 4.79 Å². The van der Waals surface area contributed by atoms with E-state index in [-0.39, 0.29) is 30.4 Å². The number of carboxylic acid groups (broad SMARTS) is 1. The van der Waals surface area contributed by atoms with Gasteiger partial charge in [0.05, 0.1) is 12.1 Å². The molecule has 3 amide bonds. The highest BCUT2D eigenvalue weighted by molar-refractivity contribution is 5.94. The second kappa shape index (κ2) is 14.4. The van der Waals surface area contributed by atoms with E-state index in [9.17, 15) is 34.5 Å². The average molecular weight is 509 g/mol. The highest BCUT2D eigenvalue weighted by Crippen LogP contribution is 2.13. The number of amides is 3. The number of benzene rings is 1. The summed E-state index contributed by atoms with van der Waals surface area (Å²) in [5.41, 5.74) is 6.75. The molecule has 0 spiro atoms. The van der Waals surface area contributed by atoms with E-state index in [0.29, 0.717) is 6.42 Å². The van der Waals surface area contributed by atoms with E-state index in [4.69, 9.17) is 5.73 Å². The Balaban J connectivity index is 2.95. The quantitative estimate of drug-likeness (QED) is 0.186. The van der Waals surface area contributed by atoms with Crippen molar-refractivity contribution in [3.63, 3.8) is 0 Å². The molecule has 11 heteroatoms. The van der Waals surface area contributed by atoms with Crippen molar-refractivity contribution in [1.29, 1.82) is 0 Å². The van der Waals surface area contributed by atoms with Crippen molar-refractivity contribution >= 4 is 23.7 Å². The Bertz CT molecular complexity index is 889. The number of aliphatic carboxylic acids is 1. The van der Waals surface area contributed by atoms with Crippen LogP contribution in [0.4, 0.5) is 0 Å². The van der Waals surface area contributed by atoms with E-state index in [0.717, 1.165) is 5.56 Å². The second-order valence-corrected chi connectivity index (χ2v) is 9.60. The fraction of sp³-hybridized carbons (Fsp3) is 0.600. The Morgan fingerprint density at radius 2 is 1.42 bits per heavy atom. The van der Waals surface area contributed by atoms with Crippen LogP contribution < -0.4 is 21.7 Å². The van der Waals surface area contributed by atoms with E-state index in [2.05, 4.69) is 16.0 Å². The van der Waals surface area contributed by atoms with Gasteiger partial charge in [-0.05, 0) is 49.3 Å². The molecule has 0 aromatic heterocycles. The first-order valence-electron chi connectivity index (χ1n) is 12.1. The number of phenols is 1. The number of aromatic hydroxyl groups is 1. The van der Waals surface area contributed by atoms with Gasteiger partial charge in [0.25, 0.3) is 0 Å². The molecule has 0 heterocycles. The topological polar surface area (TPSA) is 191 Å². The first-order chi connectivity index (χ1) is 16.8. The van der Waals surface area contributed by atoms with Crippen LogP contribution in [0.2, 0.25) is 0 Å². The molecule has 36 heavy (non-hydrogen) atoms. The van der Waals surface area contributed by atoms with E-state index in [1.54, 1.807) is 19.1 Å². The zero-order valence-corrected chi connectivity index (χ0v) is 21.5. The number of nitrogens with two attached hydrogens (primary N) is 1. The zero-order valence-electron chi connectivity index (χ0n) is 21.5. The largest absolute Gasteiger partial charge is 0.508 e. The minimum Gasteiger partial charge on any atom is -0.508 e. The van der Waals surface area contributed by atoms with Gasteiger partial charge in [-0.1, -0.05) is 46.2 Å². The van der Waals surface area contributed by atoms with E-state index >= 15 is 0 Å². The lowest BCUT2D eigenvalue weighted by Gasteiger charge is -2.29. The first-order valence-corrected chi connectivity index (χ1v) is 12.1. The predicted octanol–water partition coefficient (Wildman–Crippen LogP) is 0.274. The Morgan fingerprint density at radius 1 is 0.889 bits per heavy atom. The maximum absolute atomic E-state index is 13.1. The molecule has 8 N–H and O–H groups in total. The first kappa shape index (κ1) is 30.9. The maximum Gasteiger partial charge on any atom is 0.326 e. The van der Waals surface area contributed by atoms with Crippen LogP contribution >= 0.6 is 0 Å². The van der Waals surface area contributed by atoms with Gasteiger partial charge in [-0.2, -0.15) is 0 Å². The van der Waals surface area contributed by atoms with Crippen LogP contribution in [0.3, 0.4) is 0 Å². The molecular formula is C25H40N4O7. The summed E-state index contributed by atoms with van der Waals surface area (Å²) >= 11 is 0. The highest BCUT2D eigenvalue weighted by Gasteiger charge is 2.34. The van der Waals surface area contributed by atoms with Crippen LogP contribution in [0.5, 0.6) is 5.75 Å². The average Bonchev–Trinajstić information content (AvgIpc) is 2.80. The minimum atomic E-state index is -1.43. The second-order valence-electron chi connectivity index (χ2n) is 9.60. The fourth-order valence-corrected chi connectivity index (χ4v) is 3.54. The Kier molecular flexibility index (Phi) is 12.3. The smallest absolute Gasteiger partial charge is 0.326 e. The minimum absolute atomic E-state index is 0.0122. The van der Waals surface area contributed by atoms with Gasteiger partial charge in [0.1, 0.15) is 23.9 Å². The lowest BCUT2D eigenvalue weighted by Crippen LogP contribution is -2.61. The summed E-state index contributed by atoms with van der Waals surface area (Å²) in [4.78, 5) is 50.2. The van der Waals surface area contributed by atoms with Crippen LogP contribution in [0.1, 0.15) is 53.0 Å². The number of carboxylic acids is 1. The highest BCUT2D eigenvalue weighted by atomic mass is 16.4. The number of carbonyl (C=O) groups is 4. The molecule has 0 aliphatic heterocycles. The lowest BCUT2D eigenvalue weighted by molar-refractivity contribution is -0.143. The van der Waals surface area contributed by atoms with Crippen LogP contribution in [0.25, 0.3) is 0 Å². The third kappa shape index (κ3) is 9.82. The molecular weight excluding hydrogens is 468 g/mol. The van der Waals surface area contributed by atoms with Gasteiger partial charge in [-0.3, -0.25) is 14.4 Å². The summed E-state index contributed by atoms with van der Waals surface area (Å²) in [6.45, 7) is 8.49. The molecule has 0 saturated carbocycles. The van der Waals surface area contributed by atoms with Gasteiger partial charge >= 0.3 is 5.97 Å². The summed E-state index contributed by atoms with van der Waals surface area (Å²) in [6.07, 6.45) is -0.461. The number of aliphatic hydroxyl groups is 1. The third-order valence-corrected chi connectivity index (χ3v) is 5.91. The molecule has 0 aliphatic rings. The van der Waals surface area contributed by atoms with Crippen molar-refractivity contribution < 1.29 is 34.5 Å². The molecule has 0 radical (unpaired) electrons. The number of carbonyl (C=O) groups excluding carboxylic acids is 3. The van der Waals surface area contributed by atoms with Crippen molar-refractivity contribution in [3.05, 3.63) is 29.8 Å². The Labute approximate surface area is 211 Å². The number of aliphatic hydroxyl groups excluding tert-OH is 1. The van der Waals surface area contributed by atoms with Crippen LogP contribution in [-0.2, 0) is 25.6 Å². The standard InChI is InChI=1S/C25H40N4O7/c1-6-14(4)20(28-22(32)18(26)12-16-7-9-17(31)10-8-16)23(33)29-21(15(5)30)24(34)27-19(25(35)36)11-13(2)3/h7-10,13-15,18-21,30-31H,6,11-12,26H2,1-5H3,(H,27,34)(H,28,32)(H,29,33)(H,35,36). The number of phenolic OH excluding ortho intramolecular Hbond substituents is 1. The van der Waals surface area contributed by atoms with E-state index in [1.807, 2.05) is 20.8 Å². The zero-order chi connectivity index (χ0) is 27.6. The number of rotatable bonds is 14. The molecule has 1 rings (SSSR count). The van der Waals surface area contributed by atoms with Gasteiger partial charge in [0.15, 0.2) is 0 Å². The van der Waals surface area contributed by atoms with Crippen LogP contribution in [0, 0.1) is 11.8 Å². The van der Waals surface area contributed by atoms with Crippen molar-refractivity contribution in [3.8, 4) is 5.75 Å². The summed E-state index contributed by atoms with van der Waals surface area (Å²) < 4.78 is 0. The summed E-state index contributed by atoms with van der Waals surface area (Å²) in [7, 11) is 0. The van der Waals surface area contributed by atoms with E-state index in [1.165, 1.54) is 19.1 Å². The molecule has 11 nitrogen and oxygen atoms in total. The van der Waals surface area contributed by atoms with Gasteiger partial charge < -0.3 is 37.0 Å². The van der Waals surface area contributed by atoms with Crippen molar-refractivity contribution in [2.75, 3.05) is 0 Å². The van der Waals surface area contributed by atoms with Crippen LogP contribution in [-0.4, -0.2) is 69.3 Å². The summed E-state index contributed by atoms with van der Waals surface area (Å²) in [5.74, 6) is -3.61. The molecule has 0 fully saturated rings. The Hall–Kier alpha value is -3.18. The molecule has 0 saturated heterocycles. The van der Waals surface area contributed by atoms with Gasteiger partial charge in [0, 0.05) is 0 Å². The van der Waals surface area contributed by atoms with Crippen LogP contribution in [0.15, 0.2) is 24.3 Å². The summed E-state index contributed by atoms with van der Waals surface area (Å²) in [5, 5.41) is 36.4. The summed E-state index contributed by atoms with van der Waals surface area (Å²) in [6, 6.07) is 1.59. The fourth-order valence-electron chi connectivity index (χ4n) is 3.54. The molecule has 1 aromatic carbocycles. The number of hydrogen-bond acceptors (Lipinski definition) is 7. The molecule has 0 bridgehead atoms. The van der Waals surface area contributed by atoms with E-state index < -0.39 is 54.0 Å². The number of nitrogens with one attached hydrogen (secondary N) is 3. The Morgan fingerprint density at radius 3 is 1.89 bits per heavy atom. The SMILES string of the molecule is CCC(C)C(NC(=O)C(N)Cc1ccc(O)cc1)C(=O)NC(C(=O)NC(CC(C)C)C(=O)O)C(C)O. The normalized spacial score (nSPS) is 16.2. The predicted molar refractivity (Wildman–Crippen MR) is 134 cm³/mol. The third-order valence-electron chi connectivity index (χ3n) is 5.91. The maximum atomic E-state index is 13.1. The molecule has 202 valence electrons. The number of hydrogen-bond donors (Lipinski definition) is 7. The molecule has 6 atom stereocenters. The van der Waals surface area contributed by atoms with Crippen molar-refractivity contribution in [1.82, 2.24) is 16.0 Å². The lowest BCUT2D eigenvalue weighted by atomic mass is 9.96. The molecule has 6 unspecified atom stereocenters.